The van der Waals surface area contributed by atoms with Crippen molar-refractivity contribution in [2.75, 3.05) is 5.32 Å². The minimum Gasteiger partial charge on any atom is -0.473 e. The highest BCUT2D eigenvalue weighted by Crippen LogP contribution is 2.28. The Bertz CT molecular complexity index is 587. The molecule has 2 rings (SSSR count). The topological polar surface area (TPSA) is 34.2 Å². The largest absolute Gasteiger partial charge is 0.473 e. The third-order valence-electron chi connectivity index (χ3n) is 3.11. The van der Waals surface area contributed by atoms with E-state index in [0.717, 1.165) is 17.7 Å². The van der Waals surface area contributed by atoms with Gasteiger partial charge in [0.05, 0.1) is 17.8 Å². The maximum Gasteiger partial charge on any atom is 0.237 e. The van der Waals surface area contributed by atoms with Crippen molar-refractivity contribution in [3.63, 3.8) is 0 Å². The zero-order valence-electron chi connectivity index (χ0n) is 12.6. The molecule has 0 amide bonds. The standard InChI is InChI=1S/C17H21FN2O/c1-4-15(13-7-5-8-14(18)11-13)20-16-9-6-10-19-17(16)21-12(2)3/h5-12,15,20H,4H2,1-3H3. The Morgan fingerprint density at radius 2 is 2.05 bits per heavy atom. The number of nitrogens with one attached hydrogen (secondary N) is 1. The second-order valence-electron chi connectivity index (χ2n) is 5.18. The molecule has 0 radical (unpaired) electrons. The molecule has 2 aromatic rings. The Morgan fingerprint density at radius 1 is 1.24 bits per heavy atom. The molecular weight excluding hydrogens is 267 g/mol. The fourth-order valence-electron chi connectivity index (χ4n) is 2.15. The number of rotatable bonds is 6. The average molecular weight is 288 g/mol. The minimum atomic E-state index is -0.224. The van der Waals surface area contributed by atoms with Crippen LogP contribution in [-0.4, -0.2) is 11.1 Å². The van der Waals surface area contributed by atoms with E-state index in [-0.39, 0.29) is 18.0 Å². The summed E-state index contributed by atoms with van der Waals surface area (Å²) in [5.41, 5.74) is 1.74. The first-order valence-corrected chi connectivity index (χ1v) is 7.23. The molecule has 0 saturated carbocycles. The summed E-state index contributed by atoms with van der Waals surface area (Å²) in [5.74, 6) is 0.347. The maximum absolute atomic E-state index is 13.4. The highest BCUT2D eigenvalue weighted by molar-refractivity contribution is 5.53. The quantitative estimate of drug-likeness (QED) is 0.845. The number of aromatic nitrogens is 1. The van der Waals surface area contributed by atoms with Gasteiger partial charge in [-0.3, -0.25) is 0 Å². The summed E-state index contributed by atoms with van der Waals surface area (Å²) in [7, 11) is 0. The van der Waals surface area contributed by atoms with E-state index in [4.69, 9.17) is 4.74 Å². The Kier molecular flexibility index (Phi) is 5.14. The molecule has 21 heavy (non-hydrogen) atoms. The van der Waals surface area contributed by atoms with Crippen molar-refractivity contribution in [1.29, 1.82) is 0 Å². The van der Waals surface area contributed by atoms with Crippen LogP contribution in [0.3, 0.4) is 0 Å². The van der Waals surface area contributed by atoms with Crippen molar-refractivity contribution >= 4 is 5.69 Å². The number of benzene rings is 1. The molecule has 4 heteroatoms. The fraction of sp³-hybridized carbons (Fsp3) is 0.353. The van der Waals surface area contributed by atoms with Crippen LogP contribution < -0.4 is 10.1 Å². The summed E-state index contributed by atoms with van der Waals surface area (Å²) < 4.78 is 19.1. The summed E-state index contributed by atoms with van der Waals surface area (Å²) in [6.45, 7) is 5.98. The van der Waals surface area contributed by atoms with Gasteiger partial charge in [0.15, 0.2) is 0 Å². The summed E-state index contributed by atoms with van der Waals surface area (Å²) in [5, 5.41) is 3.39. The smallest absolute Gasteiger partial charge is 0.237 e. The van der Waals surface area contributed by atoms with Crippen molar-refractivity contribution in [1.82, 2.24) is 4.98 Å². The molecule has 0 aliphatic heterocycles. The summed E-state index contributed by atoms with van der Waals surface area (Å²) in [4.78, 5) is 4.26. The van der Waals surface area contributed by atoms with Crippen LogP contribution in [-0.2, 0) is 0 Å². The number of hydrogen-bond donors (Lipinski definition) is 1. The lowest BCUT2D eigenvalue weighted by Gasteiger charge is -2.21. The van der Waals surface area contributed by atoms with E-state index in [2.05, 4.69) is 17.2 Å². The zero-order chi connectivity index (χ0) is 15.2. The molecule has 0 spiro atoms. The molecule has 1 N–H and O–H groups in total. The van der Waals surface area contributed by atoms with Crippen LogP contribution in [0.4, 0.5) is 10.1 Å². The van der Waals surface area contributed by atoms with E-state index in [1.807, 2.05) is 32.0 Å². The molecule has 0 saturated heterocycles. The van der Waals surface area contributed by atoms with Gasteiger partial charge in [-0.15, -0.1) is 0 Å². The Labute approximate surface area is 125 Å². The highest BCUT2D eigenvalue weighted by atomic mass is 19.1. The van der Waals surface area contributed by atoms with Gasteiger partial charge < -0.3 is 10.1 Å². The first kappa shape index (κ1) is 15.3. The van der Waals surface area contributed by atoms with Crippen molar-refractivity contribution in [2.24, 2.45) is 0 Å². The molecule has 1 aromatic carbocycles. The van der Waals surface area contributed by atoms with Gasteiger partial charge in [-0.05, 0) is 50.1 Å². The van der Waals surface area contributed by atoms with Gasteiger partial charge in [0.2, 0.25) is 5.88 Å². The molecule has 0 bridgehead atoms. The van der Waals surface area contributed by atoms with Crippen LogP contribution in [0.1, 0.15) is 38.8 Å². The Hall–Kier alpha value is -2.10. The number of halogens is 1. The maximum atomic E-state index is 13.4. The van der Waals surface area contributed by atoms with Crippen LogP contribution in [0, 0.1) is 5.82 Å². The number of pyridine rings is 1. The molecule has 1 atom stereocenters. The van der Waals surface area contributed by atoms with Gasteiger partial charge in [0.25, 0.3) is 0 Å². The minimum absolute atomic E-state index is 0.0133. The van der Waals surface area contributed by atoms with Gasteiger partial charge in [-0.2, -0.15) is 0 Å². The third kappa shape index (κ3) is 4.18. The Morgan fingerprint density at radius 3 is 2.71 bits per heavy atom. The van der Waals surface area contributed by atoms with Gasteiger partial charge in [-0.1, -0.05) is 19.1 Å². The van der Waals surface area contributed by atoms with Gasteiger partial charge in [0.1, 0.15) is 5.82 Å². The van der Waals surface area contributed by atoms with E-state index < -0.39 is 0 Å². The number of ether oxygens (including phenoxy) is 1. The Balaban J connectivity index is 2.23. The van der Waals surface area contributed by atoms with E-state index in [9.17, 15) is 4.39 Å². The van der Waals surface area contributed by atoms with Crippen LogP contribution in [0.2, 0.25) is 0 Å². The molecule has 1 unspecified atom stereocenters. The van der Waals surface area contributed by atoms with Gasteiger partial charge in [-0.25, -0.2) is 9.37 Å². The fourth-order valence-corrected chi connectivity index (χ4v) is 2.15. The van der Waals surface area contributed by atoms with Crippen LogP contribution in [0.25, 0.3) is 0 Å². The van der Waals surface area contributed by atoms with Crippen molar-refractivity contribution in [3.05, 3.63) is 54.0 Å². The molecular formula is C17H21FN2O. The highest BCUT2D eigenvalue weighted by Gasteiger charge is 2.14. The SMILES string of the molecule is CCC(Nc1cccnc1OC(C)C)c1cccc(F)c1. The zero-order valence-corrected chi connectivity index (χ0v) is 12.6. The van der Waals surface area contributed by atoms with Crippen LogP contribution >= 0.6 is 0 Å². The summed E-state index contributed by atoms with van der Waals surface area (Å²) in [6.07, 6.45) is 2.58. The lowest BCUT2D eigenvalue weighted by Crippen LogP contribution is -2.13. The lowest BCUT2D eigenvalue weighted by molar-refractivity contribution is 0.234. The second kappa shape index (κ2) is 7.07. The van der Waals surface area contributed by atoms with E-state index >= 15 is 0 Å². The first-order chi connectivity index (χ1) is 10.1. The molecule has 112 valence electrons. The molecule has 0 aliphatic carbocycles. The summed E-state index contributed by atoms with van der Waals surface area (Å²) in [6, 6.07) is 10.4. The number of hydrogen-bond acceptors (Lipinski definition) is 3. The monoisotopic (exact) mass is 288 g/mol. The third-order valence-corrected chi connectivity index (χ3v) is 3.11. The predicted octanol–water partition coefficient (Wildman–Crippen LogP) is 4.57. The molecule has 0 aliphatic rings. The van der Waals surface area contributed by atoms with E-state index in [1.165, 1.54) is 6.07 Å². The van der Waals surface area contributed by atoms with E-state index in [1.54, 1.807) is 18.3 Å². The molecule has 3 nitrogen and oxygen atoms in total. The lowest BCUT2D eigenvalue weighted by atomic mass is 10.0. The van der Waals surface area contributed by atoms with Crippen LogP contribution in [0.5, 0.6) is 5.88 Å². The van der Waals surface area contributed by atoms with Gasteiger partial charge in [0, 0.05) is 6.20 Å². The number of nitrogens with zero attached hydrogens (tertiary/aromatic N) is 1. The average Bonchev–Trinajstić information content (AvgIpc) is 2.45. The van der Waals surface area contributed by atoms with E-state index in [0.29, 0.717) is 5.88 Å². The summed E-state index contributed by atoms with van der Waals surface area (Å²) >= 11 is 0. The van der Waals surface area contributed by atoms with Crippen LogP contribution in [0.15, 0.2) is 42.6 Å². The first-order valence-electron chi connectivity index (χ1n) is 7.23. The number of anilines is 1. The molecule has 1 aromatic heterocycles. The van der Waals surface area contributed by atoms with Crippen molar-refractivity contribution < 1.29 is 9.13 Å². The van der Waals surface area contributed by atoms with Crippen molar-refractivity contribution in [3.8, 4) is 5.88 Å². The second-order valence-corrected chi connectivity index (χ2v) is 5.18. The molecule has 1 heterocycles. The molecule has 0 fully saturated rings. The predicted molar refractivity (Wildman–Crippen MR) is 83.1 cm³/mol. The van der Waals surface area contributed by atoms with Gasteiger partial charge >= 0.3 is 0 Å². The normalized spacial score (nSPS) is 12.2. The van der Waals surface area contributed by atoms with Crippen molar-refractivity contribution in [2.45, 2.75) is 39.3 Å².